The Kier molecular flexibility index (Phi) is 3.63. The number of aryl methyl sites for hydroxylation is 1. The fraction of sp³-hybridized carbons (Fsp3) is 0.312. The number of hydrogen-bond donors (Lipinski definition) is 2. The second kappa shape index (κ2) is 5.49. The number of fused-ring (bicyclic) bond motifs is 1. The standard InChI is InChI=1S/C16H18FN5O/c1-16(2,17)9-20-15-19-7-12-11(6-18-14(12)21-15)10-4-5-13(23)22(3)8-10/h4-8H,9H2,1-3H3,(H2,18,19,20,21). The van der Waals surface area contributed by atoms with Crippen molar-refractivity contribution in [2.45, 2.75) is 19.5 Å². The minimum absolute atomic E-state index is 0.0647. The number of aromatic amines is 1. The summed E-state index contributed by atoms with van der Waals surface area (Å²) in [6.45, 7) is 3.11. The first kappa shape index (κ1) is 15.2. The van der Waals surface area contributed by atoms with Crippen molar-refractivity contribution in [2.24, 2.45) is 7.05 Å². The number of alkyl halides is 1. The Hall–Kier alpha value is -2.70. The number of halogens is 1. The molecule has 0 radical (unpaired) electrons. The Bertz CT molecular complexity index is 907. The molecule has 0 bridgehead atoms. The van der Waals surface area contributed by atoms with Gasteiger partial charge in [0.1, 0.15) is 11.3 Å². The highest BCUT2D eigenvalue weighted by atomic mass is 19.1. The minimum Gasteiger partial charge on any atom is -0.351 e. The predicted molar refractivity (Wildman–Crippen MR) is 88.2 cm³/mol. The van der Waals surface area contributed by atoms with Gasteiger partial charge in [0.2, 0.25) is 11.5 Å². The zero-order chi connectivity index (χ0) is 16.6. The summed E-state index contributed by atoms with van der Waals surface area (Å²) in [7, 11) is 1.71. The highest BCUT2D eigenvalue weighted by Crippen LogP contribution is 2.27. The average Bonchev–Trinajstić information content (AvgIpc) is 2.90. The van der Waals surface area contributed by atoms with Crippen molar-refractivity contribution in [3.8, 4) is 11.1 Å². The van der Waals surface area contributed by atoms with Gasteiger partial charge in [0.15, 0.2) is 0 Å². The van der Waals surface area contributed by atoms with E-state index in [1.165, 1.54) is 24.5 Å². The summed E-state index contributed by atoms with van der Waals surface area (Å²) < 4.78 is 15.1. The summed E-state index contributed by atoms with van der Waals surface area (Å²) >= 11 is 0. The van der Waals surface area contributed by atoms with Crippen LogP contribution in [0, 0.1) is 0 Å². The second-order valence-electron chi connectivity index (χ2n) is 6.10. The SMILES string of the molecule is Cn1cc(-c2c[nH]c3nc(NCC(C)(C)F)ncc23)ccc1=O. The number of nitrogens with one attached hydrogen (secondary N) is 2. The summed E-state index contributed by atoms with van der Waals surface area (Å²) in [5.41, 5.74) is 1.06. The van der Waals surface area contributed by atoms with Gasteiger partial charge in [0.05, 0.1) is 6.54 Å². The van der Waals surface area contributed by atoms with Gasteiger partial charge >= 0.3 is 0 Å². The topological polar surface area (TPSA) is 75.6 Å². The maximum Gasteiger partial charge on any atom is 0.250 e. The number of pyridine rings is 1. The molecule has 0 atom stereocenters. The van der Waals surface area contributed by atoms with Crippen LogP contribution in [0.25, 0.3) is 22.2 Å². The van der Waals surface area contributed by atoms with Crippen molar-refractivity contribution in [1.29, 1.82) is 0 Å². The molecule has 0 spiro atoms. The number of rotatable bonds is 4. The first-order chi connectivity index (χ1) is 10.8. The van der Waals surface area contributed by atoms with Crippen LogP contribution >= 0.6 is 0 Å². The fourth-order valence-electron chi connectivity index (χ4n) is 2.27. The van der Waals surface area contributed by atoms with E-state index in [4.69, 9.17) is 0 Å². The maximum absolute atomic E-state index is 13.5. The largest absolute Gasteiger partial charge is 0.351 e. The molecule has 7 heteroatoms. The molecule has 0 aliphatic carbocycles. The van der Waals surface area contributed by atoms with E-state index in [1.807, 2.05) is 6.20 Å². The van der Waals surface area contributed by atoms with Gasteiger partial charge in [-0.25, -0.2) is 9.37 Å². The van der Waals surface area contributed by atoms with Gasteiger partial charge in [-0.3, -0.25) is 4.79 Å². The lowest BCUT2D eigenvalue weighted by Crippen LogP contribution is -2.25. The van der Waals surface area contributed by atoms with Gasteiger partial charge in [-0.1, -0.05) is 0 Å². The summed E-state index contributed by atoms with van der Waals surface area (Å²) in [6, 6.07) is 3.29. The summed E-state index contributed by atoms with van der Waals surface area (Å²) in [5, 5.41) is 3.72. The average molecular weight is 315 g/mol. The van der Waals surface area contributed by atoms with Crippen molar-refractivity contribution in [1.82, 2.24) is 19.5 Å². The number of H-pyrrole nitrogens is 1. The van der Waals surface area contributed by atoms with E-state index in [2.05, 4.69) is 20.3 Å². The monoisotopic (exact) mass is 315 g/mol. The highest BCUT2D eigenvalue weighted by Gasteiger charge is 2.16. The summed E-state index contributed by atoms with van der Waals surface area (Å²) in [5.74, 6) is 0.372. The molecule has 3 heterocycles. The van der Waals surface area contributed by atoms with E-state index in [9.17, 15) is 9.18 Å². The normalized spacial score (nSPS) is 11.8. The highest BCUT2D eigenvalue weighted by molar-refractivity contribution is 5.93. The zero-order valence-corrected chi connectivity index (χ0v) is 13.2. The molecule has 0 fully saturated rings. The van der Waals surface area contributed by atoms with Crippen LogP contribution in [0.1, 0.15) is 13.8 Å². The van der Waals surface area contributed by atoms with Gasteiger partial charge < -0.3 is 14.9 Å². The molecule has 0 aliphatic heterocycles. The third-order valence-corrected chi connectivity index (χ3v) is 3.50. The number of aromatic nitrogens is 4. The van der Waals surface area contributed by atoms with E-state index in [1.54, 1.807) is 25.5 Å². The molecule has 6 nitrogen and oxygen atoms in total. The lowest BCUT2D eigenvalue weighted by Gasteiger charge is -2.14. The number of anilines is 1. The van der Waals surface area contributed by atoms with Crippen molar-refractivity contribution in [3.63, 3.8) is 0 Å². The molecule has 0 saturated carbocycles. The van der Waals surface area contributed by atoms with E-state index in [-0.39, 0.29) is 12.1 Å². The smallest absolute Gasteiger partial charge is 0.250 e. The van der Waals surface area contributed by atoms with Crippen LogP contribution in [-0.2, 0) is 7.05 Å². The molecular weight excluding hydrogens is 297 g/mol. The Morgan fingerprint density at radius 2 is 2.17 bits per heavy atom. The zero-order valence-electron chi connectivity index (χ0n) is 13.2. The van der Waals surface area contributed by atoms with E-state index in [0.29, 0.717) is 11.6 Å². The van der Waals surface area contributed by atoms with Gasteiger partial charge in [-0.2, -0.15) is 4.98 Å². The Balaban J connectivity index is 1.95. The molecule has 0 unspecified atom stereocenters. The number of nitrogens with zero attached hydrogens (tertiary/aromatic N) is 3. The van der Waals surface area contributed by atoms with Crippen LogP contribution in [0.3, 0.4) is 0 Å². The fourth-order valence-corrected chi connectivity index (χ4v) is 2.27. The van der Waals surface area contributed by atoms with Crippen LogP contribution in [0.4, 0.5) is 10.3 Å². The first-order valence-electron chi connectivity index (χ1n) is 7.27. The first-order valence-corrected chi connectivity index (χ1v) is 7.27. The molecule has 0 aliphatic rings. The summed E-state index contributed by atoms with van der Waals surface area (Å²) in [6.07, 6.45) is 5.28. The third-order valence-electron chi connectivity index (χ3n) is 3.50. The Labute approximate surface area is 132 Å². The third kappa shape index (κ3) is 3.23. The van der Waals surface area contributed by atoms with Crippen LogP contribution < -0.4 is 10.9 Å². The van der Waals surface area contributed by atoms with Crippen LogP contribution in [0.5, 0.6) is 0 Å². The van der Waals surface area contributed by atoms with Crippen LogP contribution in [0.2, 0.25) is 0 Å². The Morgan fingerprint density at radius 3 is 2.87 bits per heavy atom. The lowest BCUT2D eigenvalue weighted by molar-refractivity contribution is 0.234. The Morgan fingerprint density at radius 1 is 1.39 bits per heavy atom. The quantitative estimate of drug-likeness (QED) is 0.775. The van der Waals surface area contributed by atoms with Gasteiger partial charge in [0.25, 0.3) is 0 Å². The molecule has 3 aromatic heterocycles. The molecule has 3 aromatic rings. The lowest BCUT2D eigenvalue weighted by atomic mass is 10.1. The minimum atomic E-state index is -1.34. The molecule has 0 aromatic carbocycles. The molecule has 3 rings (SSSR count). The van der Waals surface area contributed by atoms with Crippen LogP contribution in [0.15, 0.2) is 35.5 Å². The van der Waals surface area contributed by atoms with Crippen molar-refractivity contribution in [2.75, 3.05) is 11.9 Å². The number of hydrogen-bond acceptors (Lipinski definition) is 4. The van der Waals surface area contributed by atoms with Gasteiger partial charge in [0, 0.05) is 48.2 Å². The van der Waals surface area contributed by atoms with E-state index >= 15 is 0 Å². The van der Waals surface area contributed by atoms with E-state index < -0.39 is 5.67 Å². The van der Waals surface area contributed by atoms with Crippen molar-refractivity contribution >= 4 is 17.0 Å². The molecule has 0 amide bonds. The van der Waals surface area contributed by atoms with E-state index in [0.717, 1.165) is 16.5 Å². The summed E-state index contributed by atoms with van der Waals surface area (Å²) in [4.78, 5) is 23.2. The molecular formula is C16H18FN5O. The molecule has 23 heavy (non-hydrogen) atoms. The van der Waals surface area contributed by atoms with Gasteiger partial charge in [-0.05, 0) is 19.9 Å². The second-order valence-corrected chi connectivity index (χ2v) is 6.10. The van der Waals surface area contributed by atoms with Gasteiger partial charge in [-0.15, -0.1) is 0 Å². The molecule has 0 saturated heterocycles. The van der Waals surface area contributed by atoms with Crippen LogP contribution in [-0.4, -0.2) is 31.7 Å². The molecule has 2 N–H and O–H groups in total. The predicted octanol–water partition coefficient (Wildman–Crippen LogP) is 2.48. The maximum atomic E-state index is 13.5. The van der Waals surface area contributed by atoms with Crippen molar-refractivity contribution in [3.05, 3.63) is 41.1 Å². The van der Waals surface area contributed by atoms with Crippen molar-refractivity contribution < 1.29 is 4.39 Å². The molecule has 120 valence electrons.